The van der Waals surface area contributed by atoms with Gasteiger partial charge >= 0.3 is 5.97 Å². The molecule has 1 fully saturated rings. The van der Waals surface area contributed by atoms with Gasteiger partial charge in [-0.05, 0) is 86.5 Å². The van der Waals surface area contributed by atoms with Crippen molar-refractivity contribution in [3.05, 3.63) is 64.7 Å². The Bertz CT molecular complexity index is 931. The first-order chi connectivity index (χ1) is 15.2. The smallest absolute Gasteiger partial charge is 0.328 e. The third kappa shape index (κ3) is 6.50. The van der Waals surface area contributed by atoms with Crippen LogP contribution in [0.25, 0.3) is 0 Å². The maximum atomic E-state index is 12.5. The third-order valence-electron chi connectivity index (χ3n) is 5.99. The highest BCUT2D eigenvalue weighted by molar-refractivity contribution is 7.97. The lowest BCUT2D eigenvalue weighted by atomic mass is 9.86. The number of halogens is 1. The fourth-order valence-corrected chi connectivity index (χ4v) is 5.24. The Hall–Kier alpha value is -2.02. The Morgan fingerprint density at radius 1 is 1.09 bits per heavy atom. The van der Waals surface area contributed by atoms with Gasteiger partial charge in [-0.25, -0.2) is 9.10 Å². The van der Waals surface area contributed by atoms with Crippen LogP contribution in [0, 0.1) is 5.92 Å². The first kappa shape index (κ1) is 24.6. The van der Waals surface area contributed by atoms with Crippen molar-refractivity contribution in [1.82, 2.24) is 9.62 Å². The summed E-state index contributed by atoms with van der Waals surface area (Å²) in [5.41, 5.74) is 0.239. The van der Waals surface area contributed by atoms with Crippen molar-refractivity contribution in [2.45, 2.75) is 69.5 Å². The van der Waals surface area contributed by atoms with E-state index in [1.165, 1.54) is 39.5 Å². The molecule has 0 bridgehead atoms. The fourth-order valence-electron chi connectivity index (χ4n) is 3.92. The number of benzene rings is 2. The van der Waals surface area contributed by atoms with Crippen LogP contribution in [0.2, 0.25) is 5.02 Å². The van der Waals surface area contributed by atoms with Crippen molar-refractivity contribution in [1.29, 1.82) is 0 Å². The second kappa shape index (κ2) is 10.7. The quantitative estimate of drug-likeness (QED) is 0.458. The number of amides is 1. The van der Waals surface area contributed by atoms with E-state index in [9.17, 15) is 14.7 Å². The largest absolute Gasteiger partial charge is 0.480 e. The van der Waals surface area contributed by atoms with Crippen LogP contribution in [0.5, 0.6) is 0 Å². The van der Waals surface area contributed by atoms with Crippen molar-refractivity contribution in [3.8, 4) is 0 Å². The van der Waals surface area contributed by atoms with Gasteiger partial charge in [0.25, 0.3) is 5.91 Å². The van der Waals surface area contributed by atoms with Gasteiger partial charge in [-0.1, -0.05) is 43.5 Å². The van der Waals surface area contributed by atoms with Gasteiger partial charge in [-0.3, -0.25) is 4.79 Å². The summed E-state index contributed by atoms with van der Waals surface area (Å²) < 4.78 is 2.45. The number of rotatable bonds is 8. The SMILES string of the molecule is CC1CCCCC1N(Cc1ccc(C(=O)NC(C)(C)C(=O)O)cc1)Sc1ccc(Cl)cc1. The van der Waals surface area contributed by atoms with Crippen LogP contribution in [0.4, 0.5) is 0 Å². The topological polar surface area (TPSA) is 69.6 Å². The lowest BCUT2D eigenvalue weighted by Crippen LogP contribution is -2.49. The molecule has 2 aromatic rings. The molecule has 2 atom stereocenters. The number of nitrogens with one attached hydrogen (secondary N) is 1. The zero-order chi connectivity index (χ0) is 23.3. The average Bonchev–Trinajstić information content (AvgIpc) is 2.75. The highest BCUT2D eigenvalue weighted by atomic mass is 35.5. The maximum absolute atomic E-state index is 12.5. The normalized spacial score (nSPS) is 19.0. The lowest BCUT2D eigenvalue weighted by molar-refractivity contribution is -0.143. The second-order valence-electron chi connectivity index (χ2n) is 9.03. The molecule has 0 radical (unpaired) electrons. The summed E-state index contributed by atoms with van der Waals surface area (Å²) in [6.45, 7) is 6.03. The molecule has 2 aromatic carbocycles. The zero-order valence-corrected chi connectivity index (χ0v) is 20.4. The predicted octanol–water partition coefficient (Wildman–Crippen LogP) is 6.02. The van der Waals surface area contributed by atoms with Gasteiger partial charge in [-0.15, -0.1) is 0 Å². The van der Waals surface area contributed by atoms with Gasteiger partial charge in [0.1, 0.15) is 5.54 Å². The first-order valence-corrected chi connectivity index (χ1v) is 12.2. The molecule has 0 heterocycles. The van der Waals surface area contributed by atoms with Crippen LogP contribution >= 0.6 is 23.5 Å². The van der Waals surface area contributed by atoms with Crippen molar-refractivity contribution < 1.29 is 14.7 Å². The number of hydrogen-bond donors (Lipinski definition) is 2. The monoisotopic (exact) mass is 474 g/mol. The molecule has 1 saturated carbocycles. The molecular formula is C25H31ClN2O3S. The standard InChI is InChI=1S/C25H31ClN2O3S/c1-17-6-4-5-7-22(17)28(32-21-14-12-20(26)13-15-21)16-18-8-10-19(11-9-18)23(29)27-25(2,3)24(30)31/h8-15,17,22H,4-7,16H2,1-3H3,(H,27,29)(H,30,31). The van der Waals surface area contributed by atoms with Crippen LogP contribution in [-0.4, -0.2) is 32.9 Å². The minimum atomic E-state index is -1.32. The van der Waals surface area contributed by atoms with Crippen molar-refractivity contribution in [2.75, 3.05) is 0 Å². The van der Waals surface area contributed by atoms with E-state index in [2.05, 4.69) is 16.5 Å². The van der Waals surface area contributed by atoms with Crippen molar-refractivity contribution in [2.24, 2.45) is 5.92 Å². The molecule has 5 nitrogen and oxygen atoms in total. The molecule has 32 heavy (non-hydrogen) atoms. The summed E-state index contributed by atoms with van der Waals surface area (Å²) in [7, 11) is 0. The number of carbonyl (C=O) groups is 2. The summed E-state index contributed by atoms with van der Waals surface area (Å²) in [6.07, 6.45) is 4.94. The number of aliphatic carboxylic acids is 1. The Balaban J connectivity index is 1.74. The first-order valence-electron chi connectivity index (χ1n) is 11.0. The van der Waals surface area contributed by atoms with Gasteiger partial charge in [0.2, 0.25) is 0 Å². The number of nitrogens with zero attached hydrogens (tertiary/aromatic N) is 1. The Morgan fingerprint density at radius 2 is 1.72 bits per heavy atom. The molecule has 1 aliphatic carbocycles. The Morgan fingerprint density at radius 3 is 2.31 bits per heavy atom. The number of carboxylic acids is 1. The van der Waals surface area contributed by atoms with Crippen LogP contribution in [0.3, 0.4) is 0 Å². The van der Waals surface area contributed by atoms with E-state index < -0.39 is 17.4 Å². The van der Waals surface area contributed by atoms with Crippen LogP contribution in [0.1, 0.15) is 62.4 Å². The second-order valence-corrected chi connectivity index (χ2v) is 10.6. The van der Waals surface area contributed by atoms with Crippen LogP contribution in [-0.2, 0) is 11.3 Å². The van der Waals surface area contributed by atoms with Crippen LogP contribution < -0.4 is 5.32 Å². The molecule has 172 valence electrons. The van der Waals surface area contributed by atoms with Gasteiger partial charge in [0, 0.05) is 28.1 Å². The van der Waals surface area contributed by atoms with Crippen LogP contribution in [0.15, 0.2) is 53.4 Å². The summed E-state index contributed by atoms with van der Waals surface area (Å²) in [5, 5.41) is 12.5. The average molecular weight is 475 g/mol. The molecule has 0 spiro atoms. The highest BCUT2D eigenvalue weighted by Crippen LogP contribution is 2.36. The summed E-state index contributed by atoms with van der Waals surface area (Å²) in [4.78, 5) is 24.9. The third-order valence-corrected chi connectivity index (χ3v) is 7.36. The summed E-state index contributed by atoms with van der Waals surface area (Å²) >= 11 is 7.81. The predicted molar refractivity (Wildman–Crippen MR) is 130 cm³/mol. The Labute approximate surface area is 199 Å². The lowest BCUT2D eigenvalue weighted by Gasteiger charge is -2.37. The minimum absolute atomic E-state index is 0.391. The molecule has 1 aliphatic rings. The molecule has 0 aromatic heterocycles. The molecule has 2 N–H and O–H groups in total. The molecule has 3 rings (SSSR count). The summed E-state index contributed by atoms with van der Waals surface area (Å²) in [6, 6.07) is 15.8. The van der Waals surface area contributed by atoms with E-state index in [0.29, 0.717) is 17.5 Å². The maximum Gasteiger partial charge on any atom is 0.328 e. The minimum Gasteiger partial charge on any atom is -0.480 e. The van der Waals surface area contributed by atoms with E-state index in [1.54, 1.807) is 24.1 Å². The number of carboxylic acid groups (broad SMARTS) is 1. The molecule has 0 aliphatic heterocycles. The van der Waals surface area contributed by atoms with Crippen molar-refractivity contribution in [3.63, 3.8) is 0 Å². The molecule has 2 unspecified atom stereocenters. The molecule has 1 amide bonds. The number of hydrogen-bond acceptors (Lipinski definition) is 4. The highest BCUT2D eigenvalue weighted by Gasteiger charge is 2.30. The van der Waals surface area contributed by atoms with E-state index in [1.807, 2.05) is 36.4 Å². The van der Waals surface area contributed by atoms with Gasteiger partial charge in [0.15, 0.2) is 0 Å². The fraction of sp³-hybridized carbons (Fsp3) is 0.440. The number of carbonyl (C=O) groups excluding carboxylic acids is 1. The Kier molecular flexibility index (Phi) is 8.26. The van der Waals surface area contributed by atoms with Gasteiger partial charge < -0.3 is 10.4 Å². The van der Waals surface area contributed by atoms with Gasteiger partial charge in [0.05, 0.1) is 0 Å². The molecular weight excluding hydrogens is 444 g/mol. The summed E-state index contributed by atoms with van der Waals surface area (Å²) in [5.74, 6) is -0.844. The molecule has 7 heteroatoms. The molecule has 0 saturated heterocycles. The van der Waals surface area contributed by atoms with E-state index >= 15 is 0 Å². The van der Waals surface area contributed by atoms with Gasteiger partial charge in [-0.2, -0.15) is 0 Å². The van der Waals surface area contributed by atoms with E-state index in [4.69, 9.17) is 11.6 Å². The van der Waals surface area contributed by atoms with E-state index in [0.717, 1.165) is 22.0 Å². The van der Waals surface area contributed by atoms with E-state index in [-0.39, 0.29) is 0 Å². The zero-order valence-electron chi connectivity index (χ0n) is 18.8. The van der Waals surface area contributed by atoms with Crippen molar-refractivity contribution >= 4 is 35.4 Å².